The molecule has 0 spiro atoms. The molecule has 0 heterocycles. The first-order valence-corrected chi connectivity index (χ1v) is 7.98. The second kappa shape index (κ2) is 21.8. The van der Waals surface area contributed by atoms with E-state index >= 15 is 0 Å². The molecule has 0 rings (SSSR count). The Bertz CT molecular complexity index is 274. The minimum absolute atomic E-state index is 0.209. The molecule has 0 aromatic carbocycles. The molecule has 0 radical (unpaired) electrons. The predicted octanol–water partition coefficient (Wildman–Crippen LogP) is 2.16. The topological polar surface area (TPSA) is 75.4 Å². The van der Waals surface area contributed by atoms with Gasteiger partial charge in [-0.1, -0.05) is 39.5 Å². The largest absolute Gasteiger partial charge is 0.370 e. The van der Waals surface area contributed by atoms with E-state index in [1.54, 1.807) is 0 Å². The summed E-state index contributed by atoms with van der Waals surface area (Å²) in [6.45, 7) is 8.38. The van der Waals surface area contributed by atoms with E-state index in [0.29, 0.717) is 6.42 Å². The van der Waals surface area contributed by atoms with Crippen molar-refractivity contribution < 1.29 is 9.59 Å². The maximum absolute atomic E-state index is 11.4. The van der Waals surface area contributed by atoms with E-state index in [1.165, 1.54) is 32.6 Å². The normalized spacial score (nSPS) is 9.05. The predicted molar refractivity (Wildman–Crippen MR) is 94.3 cm³/mol. The van der Waals surface area contributed by atoms with Gasteiger partial charge in [0.2, 0.25) is 11.8 Å². The lowest BCUT2D eigenvalue weighted by Gasteiger charge is -2.13. The lowest BCUT2D eigenvalue weighted by atomic mass is 10.1. The number of terminal acetylenes is 1. The highest BCUT2D eigenvalue weighted by atomic mass is 16.1. The van der Waals surface area contributed by atoms with Gasteiger partial charge >= 0.3 is 0 Å². The molecule has 22 heavy (non-hydrogen) atoms. The van der Waals surface area contributed by atoms with Crippen LogP contribution in [-0.2, 0) is 9.59 Å². The smallest absolute Gasteiger partial charge is 0.220 e. The van der Waals surface area contributed by atoms with Crippen LogP contribution in [0, 0.1) is 12.8 Å². The Labute approximate surface area is 137 Å². The second-order valence-electron chi connectivity index (χ2n) is 5.02. The van der Waals surface area contributed by atoms with E-state index in [2.05, 4.69) is 49.7 Å². The summed E-state index contributed by atoms with van der Waals surface area (Å²) in [5, 5.41) is 2.96. The molecule has 0 atom stereocenters. The molecule has 0 saturated heterocycles. The van der Waals surface area contributed by atoms with Crippen LogP contribution in [0.1, 0.15) is 59.3 Å². The van der Waals surface area contributed by atoms with E-state index in [1.807, 2.05) is 0 Å². The first-order valence-electron chi connectivity index (χ1n) is 7.98. The number of hydrogen-bond acceptors (Lipinski definition) is 3. The lowest BCUT2D eigenvalue weighted by Crippen LogP contribution is -2.32. The highest BCUT2D eigenvalue weighted by Gasteiger charge is 2.01. The Balaban J connectivity index is -0.000000516. The van der Waals surface area contributed by atoms with Crippen molar-refractivity contribution in [2.75, 3.05) is 26.7 Å². The molecule has 0 fully saturated rings. The van der Waals surface area contributed by atoms with Crippen LogP contribution in [0.2, 0.25) is 0 Å². The number of nitrogens with one attached hydrogen (secondary N) is 1. The van der Waals surface area contributed by atoms with Gasteiger partial charge in [0.1, 0.15) is 0 Å². The molecule has 0 bridgehead atoms. The summed E-state index contributed by atoms with van der Waals surface area (Å²) in [7, 11) is 2.07. The van der Waals surface area contributed by atoms with Crippen molar-refractivity contribution >= 4 is 11.8 Å². The number of nitrogens with zero attached hydrogens (tertiary/aromatic N) is 1. The fourth-order valence-electron chi connectivity index (χ4n) is 1.52. The number of likely N-dealkylation sites (N-methyl/N-ethyl adjacent to an activating group) is 1. The monoisotopic (exact) mass is 313 g/mol. The van der Waals surface area contributed by atoms with Crippen LogP contribution >= 0.6 is 0 Å². The van der Waals surface area contributed by atoms with E-state index in [0.717, 1.165) is 26.1 Å². The van der Waals surface area contributed by atoms with Crippen molar-refractivity contribution in [1.82, 2.24) is 10.2 Å². The molecule has 0 aromatic rings. The van der Waals surface area contributed by atoms with E-state index < -0.39 is 0 Å². The Kier molecular flexibility index (Phi) is 25.1. The maximum Gasteiger partial charge on any atom is 0.220 e. The minimum Gasteiger partial charge on any atom is -0.370 e. The van der Waals surface area contributed by atoms with Crippen molar-refractivity contribution in [3.05, 3.63) is 0 Å². The Morgan fingerprint density at radius 1 is 1.09 bits per heavy atom. The molecule has 5 heteroatoms. The molecular formula is C17H35N3O2. The molecule has 2 amide bonds. The Morgan fingerprint density at radius 3 is 2.05 bits per heavy atom. The second-order valence-corrected chi connectivity index (χ2v) is 5.02. The summed E-state index contributed by atoms with van der Waals surface area (Å²) in [5.74, 6) is -0.124. The van der Waals surface area contributed by atoms with Crippen LogP contribution in [0.5, 0.6) is 0 Å². The highest BCUT2D eigenvalue weighted by molar-refractivity contribution is 5.75. The molecule has 0 saturated carbocycles. The van der Waals surface area contributed by atoms with Crippen molar-refractivity contribution in [3.63, 3.8) is 0 Å². The lowest BCUT2D eigenvalue weighted by molar-refractivity contribution is -0.121. The van der Waals surface area contributed by atoms with Gasteiger partial charge in [-0.15, -0.1) is 12.8 Å². The first-order chi connectivity index (χ1) is 10.4. The van der Waals surface area contributed by atoms with Crippen LogP contribution in [0.3, 0.4) is 0 Å². The SMILES string of the molecule is C#C.CC(N)=O.CCCCCCCC(=O)NCCN(C)CC. The van der Waals surface area contributed by atoms with Gasteiger partial charge in [-0.2, -0.15) is 0 Å². The van der Waals surface area contributed by atoms with Crippen molar-refractivity contribution in [1.29, 1.82) is 0 Å². The van der Waals surface area contributed by atoms with Gasteiger partial charge in [0.05, 0.1) is 0 Å². The van der Waals surface area contributed by atoms with Gasteiger partial charge in [-0.25, -0.2) is 0 Å². The molecule has 0 aliphatic carbocycles. The van der Waals surface area contributed by atoms with Crippen molar-refractivity contribution in [2.24, 2.45) is 5.73 Å². The summed E-state index contributed by atoms with van der Waals surface area (Å²) >= 11 is 0. The molecule has 0 aromatic heterocycles. The van der Waals surface area contributed by atoms with Crippen LogP contribution in [-0.4, -0.2) is 43.4 Å². The van der Waals surface area contributed by atoms with Crippen LogP contribution in [0.15, 0.2) is 0 Å². The Morgan fingerprint density at radius 2 is 1.59 bits per heavy atom. The first kappa shape index (κ1) is 25.4. The third-order valence-corrected chi connectivity index (χ3v) is 2.86. The molecule has 0 aliphatic rings. The highest BCUT2D eigenvalue weighted by Crippen LogP contribution is 2.04. The zero-order chi connectivity index (χ0) is 17.8. The van der Waals surface area contributed by atoms with Gasteiger partial charge in [-0.3, -0.25) is 9.59 Å². The molecule has 5 nitrogen and oxygen atoms in total. The quantitative estimate of drug-likeness (QED) is 0.479. The summed E-state index contributed by atoms with van der Waals surface area (Å²) < 4.78 is 0. The molecule has 0 aliphatic heterocycles. The number of rotatable bonds is 10. The number of carbonyl (C=O) groups excluding carboxylic acids is 2. The summed E-state index contributed by atoms with van der Waals surface area (Å²) in [6, 6.07) is 0. The zero-order valence-electron chi connectivity index (χ0n) is 14.9. The standard InChI is InChI=1S/C13H28N2O.C2H5NO.C2H2/c1-4-6-7-8-9-10-13(16)14-11-12-15(3)5-2;1-2(3)4;1-2/h4-12H2,1-3H3,(H,14,16);1H3,(H2,3,4);1-2H. The summed E-state index contributed by atoms with van der Waals surface area (Å²) in [4.78, 5) is 22.8. The average molecular weight is 313 g/mol. The third-order valence-electron chi connectivity index (χ3n) is 2.86. The van der Waals surface area contributed by atoms with Gasteiger partial charge in [0.15, 0.2) is 0 Å². The van der Waals surface area contributed by atoms with E-state index in [-0.39, 0.29) is 11.8 Å². The fraction of sp³-hybridized carbons (Fsp3) is 0.765. The number of nitrogens with two attached hydrogens (primary N) is 1. The van der Waals surface area contributed by atoms with Gasteiger partial charge in [0.25, 0.3) is 0 Å². The summed E-state index contributed by atoms with van der Waals surface area (Å²) in [5.41, 5.74) is 4.47. The van der Waals surface area contributed by atoms with Gasteiger partial charge in [0, 0.05) is 26.4 Å². The number of carbonyl (C=O) groups is 2. The van der Waals surface area contributed by atoms with E-state index in [4.69, 9.17) is 0 Å². The van der Waals surface area contributed by atoms with Crippen molar-refractivity contribution in [2.45, 2.75) is 59.3 Å². The van der Waals surface area contributed by atoms with Crippen LogP contribution in [0.4, 0.5) is 0 Å². The zero-order valence-corrected chi connectivity index (χ0v) is 14.9. The average Bonchev–Trinajstić information content (AvgIpc) is 2.48. The molecule has 130 valence electrons. The fourth-order valence-corrected chi connectivity index (χ4v) is 1.52. The minimum atomic E-state index is -0.333. The van der Waals surface area contributed by atoms with Crippen molar-refractivity contribution in [3.8, 4) is 12.8 Å². The van der Waals surface area contributed by atoms with Crippen LogP contribution < -0.4 is 11.1 Å². The number of hydrogen-bond donors (Lipinski definition) is 2. The van der Waals surface area contributed by atoms with Gasteiger partial charge < -0.3 is 16.0 Å². The third kappa shape index (κ3) is 31.1. The number of unbranched alkanes of at least 4 members (excludes halogenated alkanes) is 4. The Hall–Kier alpha value is -1.54. The summed E-state index contributed by atoms with van der Waals surface area (Å²) in [6.07, 6.45) is 14.7. The number of primary amides is 1. The molecule has 0 unspecified atom stereocenters. The molecular weight excluding hydrogens is 278 g/mol. The van der Waals surface area contributed by atoms with Crippen LogP contribution in [0.25, 0.3) is 0 Å². The van der Waals surface area contributed by atoms with Gasteiger partial charge in [-0.05, 0) is 20.0 Å². The van der Waals surface area contributed by atoms with E-state index in [9.17, 15) is 9.59 Å². The number of amides is 2. The molecule has 3 N–H and O–H groups in total. The maximum atomic E-state index is 11.4.